The van der Waals surface area contributed by atoms with E-state index in [4.69, 9.17) is 46.4 Å². The van der Waals surface area contributed by atoms with E-state index in [-0.39, 0.29) is 10.8 Å². The van der Waals surface area contributed by atoms with Crippen molar-refractivity contribution in [2.24, 2.45) is 0 Å². The molecule has 0 fully saturated rings. The van der Waals surface area contributed by atoms with Crippen molar-refractivity contribution >= 4 is 52.2 Å². The molecule has 0 aliphatic carbocycles. The molecular formula is C15H10Cl4O. The fourth-order valence-corrected chi connectivity index (χ4v) is 2.99. The van der Waals surface area contributed by atoms with Crippen molar-refractivity contribution in [2.45, 2.75) is 13.3 Å². The summed E-state index contributed by atoms with van der Waals surface area (Å²) in [5, 5.41) is 1.29. The quantitative estimate of drug-likeness (QED) is 0.349. The second-order valence-electron chi connectivity index (χ2n) is 4.20. The van der Waals surface area contributed by atoms with Gasteiger partial charge in [-0.1, -0.05) is 77.6 Å². The van der Waals surface area contributed by atoms with Crippen molar-refractivity contribution in [1.82, 2.24) is 0 Å². The molecule has 0 spiro atoms. The predicted molar refractivity (Wildman–Crippen MR) is 86.5 cm³/mol. The third-order valence-corrected chi connectivity index (χ3v) is 4.49. The van der Waals surface area contributed by atoms with Gasteiger partial charge in [-0.15, -0.1) is 0 Å². The van der Waals surface area contributed by atoms with Crippen molar-refractivity contribution in [2.75, 3.05) is 0 Å². The minimum Gasteiger partial charge on any atom is -0.294 e. The number of hydrogen-bond donors (Lipinski definition) is 0. The van der Waals surface area contributed by atoms with Crippen molar-refractivity contribution in [3.8, 4) is 11.1 Å². The average Bonchev–Trinajstić information content (AvgIpc) is 2.45. The highest BCUT2D eigenvalue weighted by molar-refractivity contribution is 6.51. The molecule has 0 bridgehead atoms. The van der Waals surface area contributed by atoms with Gasteiger partial charge in [0.05, 0.1) is 20.1 Å². The summed E-state index contributed by atoms with van der Waals surface area (Å²) in [6, 6.07) is 8.63. The topological polar surface area (TPSA) is 17.1 Å². The predicted octanol–water partition coefficient (Wildman–Crippen LogP) is 6.56. The molecule has 0 aliphatic heterocycles. The zero-order chi connectivity index (χ0) is 14.9. The zero-order valence-corrected chi connectivity index (χ0v) is 13.5. The van der Waals surface area contributed by atoms with Crippen LogP contribution in [-0.4, -0.2) is 5.78 Å². The number of carbonyl (C=O) groups is 1. The highest BCUT2D eigenvalue weighted by Crippen LogP contribution is 2.42. The van der Waals surface area contributed by atoms with Crippen LogP contribution in [0.5, 0.6) is 0 Å². The highest BCUT2D eigenvalue weighted by atomic mass is 35.5. The Morgan fingerprint density at radius 2 is 1.55 bits per heavy atom. The fourth-order valence-electron chi connectivity index (χ4n) is 1.86. The maximum Gasteiger partial charge on any atom is 0.162 e. The number of halogens is 4. The molecule has 0 N–H and O–H groups in total. The lowest BCUT2D eigenvalue weighted by molar-refractivity contribution is 0.0988. The minimum absolute atomic E-state index is 0.0860. The first-order valence-electron chi connectivity index (χ1n) is 5.92. The van der Waals surface area contributed by atoms with E-state index in [0.29, 0.717) is 32.6 Å². The van der Waals surface area contributed by atoms with Crippen molar-refractivity contribution in [3.05, 3.63) is 56.0 Å². The van der Waals surface area contributed by atoms with Crippen LogP contribution in [0.4, 0.5) is 0 Å². The van der Waals surface area contributed by atoms with Gasteiger partial charge < -0.3 is 0 Å². The Hall–Kier alpha value is -0.730. The number of hydrogen-bond acceptors (Lipinski definition) is 1. The molecule has 0 radical (unpaired) electrons. The second kappa shape index (κ2) is 6.36. The van der Waals surface area contributed by atoms with Gasteiger partial charge in [-0.3, -0.25) is 4.79 Å². The lowest BCUT2D eigenvalue weighted by Gasteiger charge is -2.10. The first-order chi connectivity index (χ1) is 9.45. The van der Waals surface area contributed by atoms with Crippen LogP contribution in [-0.2, 0) is 0 Å². The summed E-state index contributed by atoms with van der Waals surface area (Å²) in [5.74, 6) is 0.0860. The number of Topliss-reactive ketones (excluding diaryl/α,β-unsaturated/α-hetero) is 1. The Kier molecular flexibility index (Phi) is 4.98. The second-order valence-corrected chi connectivity index (χ2v) is 5.77. The Balaban J connectivity index is 2.52. The van der Waals surface area contributed by atoms with Crippen LogP contribution in [0.25, 0.3) is 11.1 Å². The molecule has 2 aromatic carbocycles. The molecule has 0 heterocycles. The van der Waals surface area contributed by atoms with E-state index in [9.17, 15) is 4.79 Å². The molecule has 2 rings (SSSR count). The van der Waals surface area contributed by atoms with E-state index in [0.717, 1.165) is 5.56 Å². The van der Waals surface area contributed by atoms with E-state index in [1.54, 1.807) is 30.3 Å². The maximum absolute atomic E-state index is 11.6. The summed E-state index contributed by atoms with van der Waals surface area (Å²) < 4.78 is 0. The van der Waals surface area contributed by atoms with Gasteiger partial charge in [0.1, 0.15) is 0 Å². The molecule has 0 amide bonds. The summed E-state index contributed by atoms with van der Waals surface area (Å²) in [5.41, 5.74) is 2.05. The zero-order valence-electron chi connectivity index (χ0n) is 10.5. The van der Waals surface area contributed by atoms with Crippen LogP contribution in [0.2, 0.25) is 20.1 Å². The normalized spacial score (nSPS) is 10.7. The van der Waals surface area contributed by atoms with Gasteiger partial charge in [-0.25, -0.2) is 0 Å². The maximum atomic E-state index is 11.6. The lowest BCUT2D eigenvalue weighted by atomic mass is 10.0. The lowest BCUT2D eigenvalue weighted by Crippen LogP contribution is -1.95. The summed E-state index contributed by atoms with van der Waals surface area (Å²) in [6.07, 6.45) is 0.466. The molecule has 0 aromatic heterocycles. The van der Waals surface area contributed by atoms with Crippen LogP contribution in [0.3, 0.4) is 0 Å². The Labute approximate surface area is 137 Å². The molecule has 1 nitrogen and oxygen atoms in total. The SMILES string of the molecule is CCC(=O)c1ccc(-c2c(Cl)cc(Cl)c(Cl)c2Cl)cc1. The van der Waals surface area contributed by atoms with Crippen LogP contribution >= 0.6 is 46.4 Å². The summed E-state index contributed by atoms with van der Waals surface area (Å²) in [6.45, 7) is 1.82. The average molecular weight is 348 g/mol. The molecule has 104 valence electrons. The van der Waals surface area contributed by atoms with Gasteiger partial charge in [-0.05, 0) is 11.6 Å². The number of ketones is 1. The van der Waals surface area contributed by atoms with Gasteiger partial charge in [0.2, 0.25) is 0 Å². The van der Waals surface area contributed by atoms with E-state index in [2.05, 4.69) is 0 Å². The van der Waals surface area contributed by atoms with Crippen molar-refractivity contribution in [3.63, 3.8) is 0 Å². The molecular weight excluding hydrogens is 338 g/mol. The van der Waals surface area contributed by atoms with Crippen molar-refractivity contribution in [1.29, 1.82) is 0 Å². The molecule has 2 aromatic rings. The van der Waals surface area contributed by atoms with E-state index < -0.39 is 0 Å². The van der Waals surface area contributed by atoms with Crippen LogP contribution in [0, 0.1) is 0 Å². The van der Waals surface area contributed by atoms with Gasteiger partial charge in [-0.2, -0.15) is 0 Å². The van der Waals surface area contributed by atoms with E-state index >= 15 is 0 Å². The van der Waals surface area contributed by atoms with Crippen LogP contribution in [0.15, 0.2) is 30.3 Å². The smallest absolute Gasteiger partial charge is 0.162 e. The molecule has 0 saturated carbocycles. The Bertz CT molecular complexity index is 663. The largest absolute Gasteiger partial charge is 0.294 e. The van der Waals surface area contributed by atoms with Gasteiger partial charge in [0.25, 0.3) is 0 Å². The van der Waals surface area contributed by atoms with Gasteiger partial charge in [0.15, 0.2) is 5.78 Å². The van der Waals surface area contributed by atoms with Crippen LogP contribution < -0.4 is 0 Å². The first kappa shape index (κ1) is 15.7. The number of rotatable bonds is 3. The summed E-state index contributed by atoms with van der Waals surface area (Å²) >= 11 is 24.3. The molecule has 5 heteroatoms. The molecule has 0 unspecified atom stereocenters. The van der Waals surface area contributed by atoms with Crippen molar-refractivity contribution < 1.29 is 4.79 Å². The number of benzene rings is 2. The third-order valence-electron chi connectivity index (χ3n) is 2.93. The van der Waals surface area contributed by atoms with Gasteiger partial charge in [0, 0.05) is 17.5 Å². The summed E-state index contributed by atoms with van der Waals surface area (Å²) in [7, 11) is 0. The Morgan fingerprint density at radius 1 is 0.950 bits per heavy atom. The van der Waals surface area contributed by atoms with E-state index in [1.807, 2.05) is 6.92 Å². The molecule has 20 heavy (non-hydrogen) atoms. The standard InChI is InChI=1S/C15H10Cl4O/c1-2-12(20)8-3-5-9(6-4-8)13-10(16)7-11(17)14(18)15(13)19/h3-7H,2H2,1H3. The molecule has 0 saturated heterocycles. The number of carbonyl (C=O) groups excluding carboxylic acids is 1. The first-order valence-corrected chi connectivity index (χ1v) is 7.43. The molecule has 0 atom stereocenters. The monoisotopic (exact) mass is 346 g/mol. The van der Waals surface area contributed by atoms with Crippen LogP contribution in [0.1, 0.15) is 23.7 Å². The summed E-state index contributed by atoms with van der Waals surface area (Å²) in [4.78, 5) is 11.6. The van der Waals surface area contributed by atoms with E-state index in [1.165, 1.54) is 0 Å². The molecule has 0 aliphatic rings. The highest BCUT2D eigenvalue weighted by Gasteiger charge is 2.15. The minimum atomic E-state index is 0.0860. The fraction of sp³-hybridized carbons (Fsp3) is 0.133. The Morgan fingerprint density at radius 3 is 2.10 bits per heavy atom. The van der Waals surface area contributed by atoms with Gasteiger partial charge >= 0.3 is 0 Å². The third kappa shape index (κ3) is 2.96.